The Hall–Kier alpha value is -1.38. The predicted molar refractivity (Wildman–Crippen MR) is 50.2 cm³/mol. The van der Waals surface area contributed by atoms with Crippen LogP contribution < -0.4 is 0 Å². The van der Waals surface area contributed by atoms with Crippen molar-refractivity contribution in [3.63, 3.8) is 0 Å². The van der Waals surface area contributed by atoms with Gasteiger partial charge in [0.2, 0.25) is 0 Å². The standard InChI is InChI=1S/C10H13NO2/c1-10(2,3)11-8(6-12)4-5-9(11)7-13/h4-7H,1-3H3. The summed E-state index contributed by atoms with van der Waals surface area (Å²) >= 11 is 0. The molecule has 3 nitrogen and oxygen atoms in total. The number of carbonyl (C=O) groups is 2. The first-order valence-electron chi connectivity index (χ1n) is 4.13. The largest absolute Gasteiger partial charge is 0.331 e. The van der Waals surface area contributed by atoms with E-state index in [1.54, 1.807) is 16.7 Å². The van der Waals surface area contributed by atoms with E-state index in [0.29, 0.717) is 11.4 Å². The molecular weight excluding hydrogens is 166 g/mol. The van der Waals surface area contributed by atoms with Crippen molar-refractivity contribution in [2.75, 3.05) is 0 Å². The minimum atomic E-state index is -0.240. The number of rotatable bonds is 2. The van der Waals surface area contributed by atoms with Gasteiger partial charge in [-0.05, 0) is 32.9 Å². The van der Waals surface area contributed by atoms with Crippen molar-refractivity contribution in [3.05, 3.63) is 23.5 Å². The highest BCUT2D eigenvalue weighted by Gasteiger charge is 2.19. The molecule has 1 heterocycles. The second-order valence-corrected chi connectivity index (χ2v) is 3.92. The van der Waals surface area contributed by atoms with Gasteiger partial charge in [-0.3, -0.25) is 9.59 Å². The Bertz CT molecular complexity index is 306. The number of hydrogen-bond donors (Lipinski definition) is 0. The van der Waals surface area contributed by atoms with Gasteiger partial charge >= 0.3 is 0 Å². The van der Waals surface area contributed by atoms with E-state index in [1.807, 2.05) is 20.8 Å². The highest BCUT2D eigenvalue weighted by molar-refractivity contribution is 5.79. The highest BCUT2D eigenvalue weighted by atomic mass is 16.1. The third-order valence-electron chi connectivity index (χ3n) is 1.85. The van der Waals surface area contributed by atoms with Gasteiger partial charge in [0, 0.05) is 5.54 Å². The Morgan fingerprint density at radius 1 is 1.08 bits per heavy atom. The van der Waals surface area contributed by atoms with Crippen LogP contribution in [0.5, 0.6) is 0 Å². The maximum Gasteiger partial charge on any atom is 0.166 e. The lowest BCUT2D eigenvalue weighted by molar-refractivity contribution is 0.110. The van der Waals surface area contributed by atoms with E-state index in [9.17, 15) is 9.59 Å². The zero-order valence-electron chi connectivity index (χ0n) is 8.07. The van der Waals surface area contributed by atoms with E-state index in [-0.39, 0.29) is 5.54 Å². The summed E-state index contributed by atoms with van der Waals surface area (Å²) in [5, 5.41) is 0. The molecule has 0 saturated heterocycles. The van der Waals surface area contributed by atoms with Crippen LogP contribution >= 0.6 is 0 Å². The molecule has 0 saturated carbocycles. The number of aldehydes is 2. The van der Waals surface area contributed by atoms with Crippen LogP contribution in [0.15, 0.2) is 12.1 Å². The minimum Gasteiger partial charge on any atom is -0.331 e. The summed E-state index contributed by atoms with van der Waals surface area (Å²) < 4.78 is 1.73. The third kappa shape index (κ3) is 1.69. The first-order chi connectivity index (χ1) is 6.00. The second kappa shape index (κ2) is 3.17. The molecule has 3 heteroatoms. The molecule has 0 fully saturated rings. The quantitative estimate of drug-likeness (QED) is 0.650. The summed E-state index contributed by atoms with van der Waals surface area (Å²) in [7, 11) is 0. The van der Waals surface area contributed by atoms with Crippen molar-refractivity contribution >= 4 is 12.6 Å². The Labute approximate surface area is 77.4 Å². The van der Waals surface area contributed by atoms with Crippen molar-refractivity contribution in [1.82, 2.24) is 4.57 Å². The lowest BCUT2D eigenvalue weighted by Crippen LogP contribution is -2.25. The van der Waals surface area contributed by atoms with Crippen molar-refractivity contribution in [2.45, 2.75) is 26.3 Å². The summed E-state index contributed by atoms with van der Waals surface area (Å²) in [6.07, 6.45) is 1.52. The normalized spacial score (nSPS) is 11.3. The minimum absolute atomic E-state index is 0.240. The van der Waals surface area contributed by atoms with Crippen LogP contribution in [0.1, 0.15) is 41.7 Å². The van der Waals surface area contributed by atoms with Crippen LogP contribution in [-0.2, 0) is 5.54 Å². The molecule has 13 heavy (non-hydrogen) atoms. The Morgan fingerprint density at radius 2 is 1.46 bits per heavy atom. The Kier molecular flexibility index (Phi) is 2.36. The average Bonchev–Trinajstić information content (AvgIpc) is 2.45. The van der Waals surface area contributed by atoms with Crippen LogP contribution in [-0.4, -0.2) is 17.1 Å². The maximum absolute atomic E-state index is 10.7. The van der Waals surface area contributed by atoms with Gasteiger partial charge in [0.15, 0.2) is 12.6 Å². The first kappa shape index (κ1) is 9.71. The molecule has 1 rings (SSSR count). The van der Waals surface area contributed by atoms with E-state index in [1.165, 1.54) is 0 Å². The molecule has 0 aliphatic heterocycles. The fourth-order valence-corrected chi connectivity index (χ4v) is 1.43. The van der Waals surface area contributed by atoms with Crippen LogP contribution in [0, 0.1) is 0 Å². The van der Waals surface area contributed by atoms with Crippen molar-refractivity contribution in [3.8, 4) is 0 Å². The van der Waals surface area contributed by atoms with Gasteiger partial charge < -0.3 is 4.57 Å². The number of carbonyl (C=O) groups excluding carboxylic acids is 2. The average molecular weight is 179 g/mol. The molecule has 0 aliphatic rings. The van der Waals surface area contributed by atoms with E-state index < -0.39 is 0 Å². The lowest BCUT2D eigenvalue weighted by Gasteiger charge is -2.24. The predicted octanol–water partition coefficient (Wildman–Crippen LogP) is 1.87. The summed E-state index contributed by atoms with van der Waals surface area (Å²) in [5.41, 5.74) is 0.833. The van der Waals surface area contributed by atoms with Gasteiger partial charge in [0.1, 0.15) is 0 Å². The molecule has 0 aliphatic carbocycles. The number of aromatic nitrogens is 1. The van der Waals surface area contributed by atoms with Crippen LogP contribution in [0.25, 0.3) is 0 Å². The van der Waals surface area contributed by atoms with Gasteiger partial charge in [-0.15, -0.1) is 0 Å². The monoisotopic (exact) mass is 179 g/mol. The van der Waals surface area contributed by atoms with E-state index in [4.69, 9.17) is 0 Å². The first-order valence-corrected chi connectivity index (χ1v) is 4.13. The Morgan fingerprint density at radius 3 is 1.69 bits per heavy atom. The molecule has 1 aromatic heterocycles. The molecule has 70 valence electrons. The smallest absolute Gasteiger partial charge is 0.166 e. The highest BCUT2D eigenvalue weighted by Crippen LogP contribution is 2.19. The van der Waals surface area contributed by atoms with Gasteiger partial charge in [0.05, 0.1) is 11.4 Å². The molecule has 0 spiro atoms. The SMILES string of the molecule is CC(C)(C)n1c(C=O)ccc1C=O. The van der Waals surface area contributed by atoms with E-state index in [2.05, 4.69) is 0 Å². The van der Waals surface area contributed by atoms with E-state index in [0.717, 1.165) is 12.6 Å². The fraction of sp³-hybridized carbons (Fsp3) is 0.400. The van der Waals surface area contributed by atoms with Gasteiger partial charge in [-0.1, -0.05) is 0 Å². The maximum atomic E-state index is 10.7. The molecule has 0 N–H and O–H groups in total. The summed E-state index contributed by atoms with van der Waals surface area (Å²) in [5.74, 6) is 0. The van der Waals surface area contributed by atoms with Crippen LogP contribution in [0.4, 0.5) is 0 Å². The molecular formula is C10H13NO2. The van der Waals surface area contributed by atoms with Gasteiger partial charge in [-0.25, -0.2) is 0 Å². The van der Waals surface area contributed by atoms with Crippen molar-refractivity contribution in [2.24, 2.45) is 0 Å². The summed E-state index contributed by atoms with van der Waals surface area (Å²) in [6, 6.07) is 3.31. The molecule has 0 radical (unpaired) electrons. The fourth-order valence-electron chi connectivity index (χ4n) is 1.43. The van der Waals surface area contributed by atoms with Crippen LogP contribution in [0.2, 0.25) is 0 Å². The lowest BCUT2D eigenvalue weighted by atomic mass is 10.1. The molecule has 0 aromatic carbocycles. The third-order valence-corrected chi connectivity index (χ3v) is 1.85. The van der Waals surface area contributed by atoms with Crippen LogP contribution in [0.3, 0.4) is 0 Å². The zero-order valence-corrected chi connectivity index (χ0v) is 8.07. The number of nitrogens with zero attached hydrogens (tertiary/aromatic N) is 1. The summed E-state index contributed by atoms with van der Waals surface area (Å²) in [4.78, 5) is 21.3. The van der Waals surface area contributed by atoms with Gasteiger partial charge in [-0.2, -0.15) is 0 Å². The van der Waals surface area contributed by atoms with Crippen molar-refractivity contribution in [1.29, 1.82) is 0 Å². The molecule has 0 bridgehead atoms. The van der Waals surface area contributed by atoms with E-state index >= 15 is 0 Å². The number of hydrogen-bond acceptors (Lipinski definition) is 2. The Balaban J connectivity index is 3.36. The topological polar surface area (TPSA) is 39.1 Å². The summed E-state index contributed by atoms with van der Waals surface area (Å²) in [6.45, 7) is 5.85. The molecule has 0 unspecified atom stereocenters. The second-order valence-electron chi connectivity index (χ2n) is 3.92. The molecule has 1 aromatic rings. The zero-order chi connectivity index (χ0) is 10.1. The molecule has 0 amide bonds. The van der Waals surface area contributed by atoms with Crippen molar-refractivity contribution < 1.29 is 9.59 Å². The molecule has 0 atom stereocenters. The van der Waals surface area contributed by atoms with Gasteiger partial charge in [0.25, 0.3) is 0 Å².